The van der Waals surface area contributed by atoms with Gasteiger partial charge in [0.05, 0.1) is 18.3 Å². The molecule has 1 aliphatic carbocycles. The van der Waals surface area contributed by atoms with Crippen LogP contribution in [0.25, 0.3) is 0 Å². The van der Waals surface area contributed by atoms with Crippen LogP contribution in [-0.4, -0.2) is 59.2 Å². The Balaban J connectivity index is 2.41. The zero-order chi connectivity index (χ0) is 19.4. The first-order chi connectivity index (χ1) is 12.5. The lowest BCUT2D eigenvalue weighted by molar-refractivity contribution is 0.120. The molecule has 3 N–H and O–H groups in total. The standard InChI is InChI=1S/C22H41NO3/c1-4-5-9-12-18(24)14-15-20-19(21(25)17-22(20)26)13-10-7-6-8-11-16-23(2)3/h7,10,14-15,18-22,24-26H,4-6,8-9,11-13,16-17H2,1-3H3/t18-,19+,20+,21-,22+/m0/s1. The molecule has 0 saturated heterocycles. The maximum atomic E-state index is 10.3. The second-order valence-electron chi connectivity index (χ2n) is 8.07. The molecule has 26 heavy (non-hydrogen) atoms. The van der Waals surface area contributed by atoms with E-state index in [0.29, 0.717) is 6.42 Å². The van der Waals surface area contributed by atoms with E-state index in [1.807, 2.05) is 12.2 Å². The van der Waals surface area contributed by atoms with Crippen molar-refractivity contribution < 1.29 is 15.3 Å². The van der Waals surface area contributed by atoms with Crippen molar-refractivity contribution in [1.82, 2.24) is 4.90 Å². The highest BCUT2D eigenvalue weighted by Gasteiger charge is 2.39. The third-order valence-corrected chi connectivity index (χ3v) is 5.38. The van der Waals surface area contributed by atoms with Crippen LogP contribution in [0.5, 0.6) is 0 Å². The molecule has 0 spiro atoms. The van der Waals surface area contributed by atoms with Crippen molar-refractivity contribution in [2.45, 2.75) is 83.0 Å². The van der Waals surface area contributed by atoms with Crippen molar-refractivity contribution in [3.63, 3.8) is 0 Å². The molecular formula is C22H41NO3. The van der Waals surface area contributed by atoms with Gasteiger partial charge in [0.25, 0.3) is 0 Å². The van der Waals surface area contributed by atoms with Crippen LogP contribution < -0.4 is 0 Å². The first kappa shape index (κ1) is 23.4. The summed E-state index contributed by atoms with van der Waals surface area (Å²) in [7, 11) is 4.19. The lowest BCUT2D eigenvalue weighted by atomic mass is 9.89. The Hall–Kier alpha value is -0.680. The maximum absolute atomic E-state index is 10.3. The summed E-state index contributed by atoms with van der Waals surface area (Å²) in [5, 5.41) is 30.6. The summed E-state index contributed by atoms with van der Waals surface area (Å²) in [6.45, 7) is 3.27. The monoisotopic (exact) mass is 367 g/mol. The predicted molar refractivity (Wildman–Crippen MR) is 109 cm³/mol. The molecule has 5 atom stereocenters. The number of nitrogens with zero attached hydrogens (tertiary/aromatic N) is 1. The molecular weight excluding hydrogens is 326 g/mol. The SMILES string of the molecule is CCCCC[C@H](O)C=C[C@@H]1[C@@H](CC=CCCCCN(C)C)[C@@H](O)C[C@H]1O. The fourth-order valence-electron chi connectivity index (χ4n) is 3.72. The molecule has 1 fully saturated rings. The largest absolute Gasteiger partial charge is 0.393 e. The second-order valence-corrected chi connectivity index (χ2v) is 8.07. The van der Waals surface area contributed by atoms with Crippen molar-refractivity contribution in [3.05, 3.63) is 24.3 Å². The second kappa shape index (κ2) is 13.5. The first-order valence-corrected chi connectivity index (χ1v) is 10.5. The van der Waals surface area contributed by atoms with Gasteiger partial charge < -0.3 is 20.2 Å². The van der Waals surface area contributed by atoms with E-state index in [2.05, 4.69) is 38.1 Å². The molecule has 0 unspecified atom stereocenters. The summed E-state index contributed by atoms with van der Waals surface area (Å²) in [5.41, 5.74) is 0. The molecule has 0 bridgehead atoms. The molecule has 0 amide bonds. The molecule has 0 aromatic carbocycles. The van der Waals surface area contributed by atoms with Gasteiger partial charge in [0.2, 0.25) is 0 Å². The van der Waals surface area contributed by atoms with Gasteiger partial charge in [0.15, 0.2) is 0 Å². The fourth-order valence-corrected chi connectivity index (χ4v) is 3.72. The average molecular weight is 368 g/mol. The van der Waals surface area contributed by atoms with Crippen LogP contribution in [0.3, 0.4) is 0 Å². The van der Waals surface area contributed by atoms with Crippen molar-refractivity contribution in [1.29, 1.82) is 0 Å². The Bertz CT molecular complexity index is 408. The van der Waals surface area contributed by atoms with Crippen molar-refractivity contribution in [3.8, 4) is 0 Å². The Morgan fingerprint density at radius 1 is 1.04 bits per heavy atom. The topological polar surface area (TPSA) is 63.9 Å². The van der Waals surface area contributed by atoms with E-state index in [-0.39, 0.29) is 11.8 Å². The zero-order valence-electron chi connectivity index (χ0n) is 17.1. The van der Waals surface area contributed by atoms with Gasteiger partial charge in [-0.1, -0.05) is 50.5 Å². The Morgan fingerprint density at radius 2 is 1.81 bits per heavy atom. The van der Waals surface area contributed by atoms with Gasteiger partial charge in [-0.25, -0.2) is 0 Å². The smallest absolute Gasteiger partial charge is 0.0721 e. The van der Waals surface area contributed by atoms with Crippen LogP contribution in [0.2, 0.25) is 0 Å². The van der Waals surface area contributed by atoms with Gasteiger partial charge in [0.1, 0.15) is 0 Å². The average Bonchev–Trinajstić information content (AvgIpc) is 2.85. The van der Waals surface area contributed by atoms with E-state index in [1.165, 1.54) is 12.8 Å². The number of aliphatic hydroxyl groups is 3. The number of hydrogen-bond acceptors (Lipinski definition) is 4. The van der Waals surface area contributed by atoms with E-state index < -0.39 is 18.3 Å². The first-order valence-electron chi connectivity index (χ1n) is 10.5. The Kier molecular flexibility index (Phi) is 12.1. The van der Waals surface area contributed by atoms with Crippen molar-refractivity contribution >= 4 is 0 Å². The van der Waals surface area contributed by atoms with Crippen LogP contribution in [0.1, 0.15) is 64.7 Å². The molecule has 152 valence electrons. The molecule has 0 aromatic rings. The quantitative estimate of drug-likeness (QED) is 0.344. The van der Waals surface area contributed by atoms with E-state index in [0.717, 1.165) is 45.1 Å². The normalized spacial score (nSPS) is 28.0. The minimum absolute atomic E-state index is 0.0436. The molecule has 0 aromatic heterocycles. The van der Waals surface area contributed by atoms with Crippen LogP contribution >= 0.6 is 0 Å². The molecule has 1 saturated carbocycles. The van der Waals surface area contributed by atoms with Gasteiger partial charge in [-0.2, -0.15) is 0 Å². The van der Waals surface area contributed by atoms with E-state index in [1.54, 1.807) is 0 Å². The van der Waals surface area contributed by atoms with Crippen LogP contribution in [0, 0.1) is 11.8 Å². The number of unbranched alkanes of at least 4 members (excludes halogenated alkanes) is 4. The van der Waals surface area contributed by atoms with Gasteiger partial charge >= 0.3 is 0 Å². The van der Waals surface area contributed by atoms with Crippen molar-refractivity contribution in [2.75, 3.05) is 20.6 Å². The van der Waals surface area contributed by atoms with Crippen LogP contribution in [-0.2, 0) is 0 Å². The van der Waals surface area contributed by atoms with Gasteiger partial charge in [-0.3, -0.25) is 0 Å². The van der Waals surface area contributed by atoms with Crippen molar-refractivity contribution in [2.24, 2.45) is 11.8 Å². The summed E-state index contributed by atoms with van der Waals surface area (Å²) in [4.78, 5) is 2.20. The highest BCUT2D eigenvalue weighted by molar-refractivity contribution is 5.06. The highest BCUT2D eigenvalue weighted by Crippen LogP contribution is 2.36. The molecule has 4 heteroatoms. The number of rotatable bonds is 13. The fraction of sp³-hybridized carbons (Fsp3) is 0.818. The minimum Gasteiger partial charge on any atom is -0.393 e. The van der Waals surface area contributed by atoms with Crippen LogP contribution in [0.4, 0.5) is 0 Å². The Labute approximate surface area is 160 Å². The Morgan fingerprint density at radius 3 is 2.50 bits per heavy atom. The highest BCUT2D eigenvalue weighted by atomic mass is 16.3. The third kappa shape index (κ3) is 9.31. The van der Waals surface area contributed by atoms with Gasteiger partial charge in [-0.05, 0) is 58.7 Å². The van der Waals surface area contributed by atoms with Crippen LogP contribution in [0.15, 0.2) is 24.3 Å². The summed E-state index contributed by atoms with van der Waals surface area (Å²) in [6.07, 6.45) is 15.4. The van der Waals surface area contributed by atoms with Gasteiger partial charge in [-0.15, -0.1) is 0 Å². The molecule has 1 aliphatic rings. The van der Waals surface area contributed by atoms with E-state index >= 15 is 0 Å². The summed E-state index contributed by atoms with van der Waals surface area (Å²) >= 11 is 0. The van der Waals surface area contributed by atoms with E-state index in [4.69, 9.17) is 0 Å². The zero-order valence-corrected chi connectivity index (χ0v) is 17.1. The molecule has 4 nitrogen and oxygen atoms in total. The molecule has 1 rings (SSSR count). The maximum Gasteiger partial charge on any atom is 0.0721 e. The molecule has 0 heterocycles. The number of allylic oxidation sites excluding steroid dienone is 2. The summed E-state index contributed by atoms with van der Waals surface area (Å²) in [5.74, 6) is -0.0219. The molecule has 0 radical (unpaired) electrons. The van der Waals surface area contributed by atoms with E-state index in [9.17, 15) is 15.3 Å². The minimum atomic E-state index is -0.511. The summed E-state index contributed by atoms with van der Waals surface area (Å²) in [6, 6.07) is 0. The van der Waals surface area contributed by atoms with Gasteiger partial charge in [0, 0.05) is 12.3 Å². The lowest BCUT2D eigenvalue weighted by Crippen LogP contribution is -2.20. The molecule has 0 aliphatic heterocycles. The third-order valence-electron chi connectivity index (χ3n) is 5.38. The lowest BCUT2D eigenvalue weighted by Gasteiger charge is -2.19. The summed E-state index contributed by atoms with van der Waals surface area (Å²) < 4.78 is 0. The number of hydrogen-bond donors (Lipinski definition) is 3. The predicted octanol–water partition coefficient (Wildman–Crippen LogP) is 3.52. The number of aliphatic hydroxyl groups excluding tert-OH is 3.